The highest BCUT2D eigenvalue weighted by atomic mass is 19.1. The fraction of sp³-hybridized carbons (Fsp3) is 0.451. The summed E-state index contributed by atoms with van der Waals surface area (Å²) < 4.78 is 51.5. The Balaban J connectivity index is 0.000000925. The molecule has 0 spiro atoms. The maximum absolute atomic E-state index is 12.5. The van der Waals surface area contributed by atoms with Crippen LogP contribution in [0.5, 0.6) is 0 Å². The summed E-state index contributed by atoms with van der Waals surface area (Å²) in [5.74, 6) is -0.169. The van der Waals surface area contributed by atoms with Crippen molar-refractivity contribution in [2.75, 3.05) is 0 Å². The Hall–Kier alpha value is -5.34. The van der Waals surface area contributed by atoms with E-state index in [1.807, 2.05) is 62.5 Å². The number of allylic oxidation sites excluding steroid dienone is 3. The first-order valence-electron chi connectivity index (χ1n) is 28.6. The van der Waals surface area contributed by atoms with Gasteiger partial charge >= 0.3 is 0 Å². The summed E-state index contributed by atoms with van der Waals surface area (Å²) in [6, 6.07) is 34.4. The molecule has 73 heavy (non-hydrogen) atoms. The molecule has 2 heteroatoms. The number of halogens is 1. The Morgan fingerprint density at radius 2 is 0.781 bits per heavy atom. The van der Waals surface area contributed by atoms with E-state index in [1.165, 1.54) is 45.5 Å². The Kier molecular flexibility index (Phi) is 24.7. The molecular weight excluding hydrogens is 886 g/mol. The summed E-state index contributed by atoms with van der Waals surface area (Å²) in [4.78, 5) is 4.05. The van der Waals surface area contributed by atoms with Crippen LogP contribution in [0, 0.1) is 23.6 Å². The molecule has 0 saturated heterocycles. The minimum absolute atomic E-state index is 0.0122. The molecule has 0 unspecified atom stereocenters. The highest BCUT2D eigenvalue weighted by molar-refractivity contribution is 5.63. The smallest absolute Gasteiger partial charge is 0.123 e. The van der Waals surface area contributed by atoms with Crippen LogP contribution in [-0.2, 0) is 27.1 Å². The van der Waals surface area contributed by atoms with Crippen LogP contribution in [0.15, 0.2) is 170 Å². The van der Waals surface area contributed by atoms with E-state index in [4.69, 9.17) is 6.85 Å². The first-order valence-corrected chi connectivity index (χ1v) is 26.1. The third kappa shape index (κ3) is 33.2. The molecule has 0 N–H and O–H groups in total. The average Bonchev–Trinajstić information content (AvgIpc) is 3.30. The lowest BCUT2D eigenvalue weighted by Gasteiger charge is -2.19. The molecule has 0 atom stereocenters. The molecule has 0 aliphatic carbocycles. The van der Waals surface area contributed by atoms with Crippen molar-refractivity contribution in [3.63, 3.8) is 0 Å². The van der Waals surface area contributed by atoms with E-state index in [0.717, 1.165) is 5.56 Å². The maximum atomic E-state index is 12.5. The fourth-order valence-corrected chi connectivity index (χ4v) is 6.13. The summed E-state index contributed by atoms with van der Waals surface area (Å²) in [5, 5.41) is 0. The number of rotatable bonds is 2. The van der Waals surface area contributed by atoms with Crippen molar-refractivity contribution in [3.8, 4) is 11.1 Å². The molecule has 1 nitrogen and oxygen atoms in total. The zero-order valence-corrected chi connectivity index (χ0v) is 50.7. The van der Waals surface area contributed by atoms with Crippen molar-refractivity contribution < 1.29 is 11.2 Å². The van der Waals surface area contributed by atoms with Crippen molar-refractivity contribution in [3.05, 3.63) is 215 Å². The number of hydrogen-bond acceptors (Lipinski definition) is 1. The van der Waals surface area contributed by atoms with E-state index in [2.05, 4.69) is 243 Å². The van der Waals surface area contributed by atoms with Gasteiger partial charge in [0.15, 0.2) is 0 Å². The van der Waals surface area contributed by atoms with Gasteiger partial charge in [0.25, 0.3) is 0 Å². The number of pyridine rings is 1. The first kappa shape index (κ1) is 58.5. The van der Waals surface area contributed by atoms with Crippen LogP contribution in [0.3, 0.4) is 0 Å². The summed E-state index contributed by atoms with van der Waals surface area (Å²) in [6.45, 7) is 54.1. The maximum Gasteiger partial charge on any atom is 0.123 e. The van der Waals surface area contributed by atoms with Crippen molar-refractivity contribution >= 4 is 6.08 Å². The zero-order chi connectivity index (χ0) is 60.8. The molecule has 5 aromatic carbocycles. The van der Waals surface area contributed by atoms with E-state index in [-0.39, 0.29) is 68.7 Å². The lowest BCUT2D eigenvalue weighted by atomic mass is 9.86. The van der Waals surface area contributed by atoms with Crippen LogP contribution in [0.25, 0.3) is 17.2 Å². The second-order valence-electron chi connectivity index (χ2n) is 26.4. The summed E-state index contributed by atoms with van der Waals surface area (Å²) >= 11 is 0. The fourth-order valence-electron chi connectivity index (χ4n) is 6.13. The minimum Gasteiger partial charge on any atom is -0.264 e. The van der Waals surface area contributed by atoms with E-state index in [1.54, 1.807) is 6.20 Å². The van der Waals surface area contributed by atoms with Gasteiger partial charge in [-0.15, -0.1) is 0 Å². The van der Waals surface area contributed by atoms with Crippen molar-refractivity contribution in [1.29, 1.82) is 0 Å². The largest absolute Gasteiger partial charge is 0.264 e. The van der Waals surface area contributed by atoms with E-state index >= 15 is 0 Å². The van der Waals surface area contributed by atoms with Gasteiger partial charge in [-0.05, 0) is 121 Å². The molecule has 1 heterocycles. The summed E-state index contributed by atoms with van der Waals surface area (Å²) in [5.41, 5.74) is 11.7. The lowest BCUT2D eigenvalue weighted by molar-refractivity contribution is 0.469. The van der Waals surface area contributed by atoms with E-state index in [0.29, 0.717) is 16.4 Å². The molecule has 0 radical (unpaired) electrons. The van der Waals surface area contributed by atoms with Gasteiger partial charge in [-0.25, -0.2) is 4.39 Å². The molecule has 0 saturated carbocycles. The highest BCUT2D eigenvalue weighted by Crippen LogP contribution is 2.27. The molecule has 0 fully saturated rings. The molecule has 0 aliphatic rings. The van der Waals surface area contributed by atoms with Gasteiger partial charge in [0.2, 0.25) is 0 Å². The summed E-state index contributed by atoms with van der Waals surface area (Å²) in [7, 11) is 0. The second kappa shape index (κ2) is 30.8. The Bertz CT molecular complexity index is 2600. The van der Waals surface area contributed by atoms with Gasteiger partial charge in [0.05, 0.1) is 6.85 Å². The third-order valence-corrected chi connectivity index (χ3v) is 10.5. The van der Waals surface area contributed by atoms with E-state index < -0.39 is 0 Å². The first-order chi connectivity index (χ1) is 35.3. The van der Waals surface area contributed by atoms with Crippen LogP contribution in [-0.4, -0.2) is 4.98 Å². The monoisotopic (exact) mass is 995 g/mol. The van der Waals surface area contributed by atoms with Crippen molar-refractivity contribution in [2.45, 2.75) is 200 Å². The minimum atomic E-state index is -0.361. The molecule has 6 aromatic rings. The normalized spacial score (nSPS) is 12.8. The molecule has 400 valence electrons. The van der Waals surface area contributed by atoms with Gasteiger partial charge < -0.3 is 0 Å². The predicted octanol–water partition coefficient (Wildman–Crippen LogP) is 22.1. The third-order valence-electron chi connectivity index (χ3n) is 10.5. The predicted molar refractivity (Wildman–Crippen MR) is 328 cm³/mol. The molecular formula is C71H104FN. The van der Waals surface area contributed by atoms with Crippen LogP contribution in [0.4, 0.5) is 4.39 Å². The van der Waals surface area contributed by atoms with Crippen LogP contribution >= 0.6 is 0 Å². The van der Waals surface area contributed by atoms with Crippen molar-refractivity contribution in [2.24, 2.45) is 10.8 Å². The number of aromatic nitrogens is 1. The number of nitrogens with zero attached hydrogens (tertiary/aromatic N) is 1. The molecule has 1 aromatic heterocycles. The number of hydrogen-bond donors (Lipinski definition) is 0. The van der Waals surface area contributed by atoms with Gasteiger partial charge in [0, 0.05) is 12.4 Å². The zero-order valence-electron chi connectivity index (χ0n) is 55.7. The topological polar surface area (TPSA) is 12.9 Å². The Morgan fingerprint density at radius 3 is 1.07 bits per heavy atom. The molecule has 6 rings (SSSR count). The van der Waals surface area contributed by atoms with Gasteiger partial charge in [-0.2, -0.15) is 0 Å². The Morgan fingerprint density at radius 1 is 0.425 bits per heavy atom. The molecule has 0 bridgehead atoms. The molecule has 0 amide bonds. The van der Waals surface area contributed by atoms with Crippen molar-refractivity contribution in [1.82, 2.24) is 4.98 Å². The van der Waals surface area contributed by atoms with E-state index in [9.17, 15) is 4.39 Å². The van der Waals surface area contributed by atoms with Crippen LogP contribution in [0.1, 0.15) is 212 Å². The Labute approximate surface area is 457 Å². The quantitative estimate of drug-likeness (QED) is 0.158. The standard InChI is InChI=1S/C16H18.C13H18.C11H16.C10H13F.C9H13N.C7H14.C5H12/c1-16(2,3)15-11-9-14(10-12-15)13-7-5-4-6-8-13;1-5-6-11-7-9-12(10-8-11)13(2,3)4;1-9-5-7-10(8-6-9)11(2,3)4;1-10(2,3)8-4-6-9(11)7-5-8;1-9(2,3)8-5-4-6-10-7-8;1-5-6-7(2,3)4;1-5(2,3)4/h4-12H,1-3H3;5-10H,1-4H3;5-8H,1-4H3;4-7H,1-3H3;4-7H,1-3H3;5-6H,1-4H3;1-4H3/b;6-5+;;;;6-5+;/i4D,5D,6D,7D,8D;;;;;;. The number of aryl methyl sites for hydroxylation is 1. The highest BCUT2D eigenvalue weighted by Gasteiger charge is 2.15. The van der Waals surface area contributed by atoms with Crippen LogP contribution in [0.2, 0.25) is 0 Å². The SMILES string of the molecule is C/C=C/C(C)(C)C.C/C=C/c1ccc(C(C)(C)C)cc1.CC(C)(C)C.CC(C)(C)c1ccc(F)cc1.CC(C)(C)c1cccnc1.Cc1ccc(C(C)(C)C)cc1.[2H]c1c([2H])c([2H])c(-c2ccc(C(C)(C)C)cc2)c([2H])c1[2H]. The average molecular weight is 996 g/mol. The van der Waals surface area contributed by atoms with Gasteiger partial charge in [0.1, 0.15) is 5.82 Å². The second-order valence-corrected chi connectivity index (χ2v) is 26.4. The lowest BCUT2D eigenvalue weighted by Crippen LogP contribution is -2.10. The number of benzene rings is 5. The van der Waals surface area contributed by atoms with Gasteiger partial charge in [-0.3, -0.25) is 4.98 Å². The molecule has 0 aliphatic heterocycles. The van der Waals surface area contributed by atoms with Crippen LogP contribution < -0.4 is 0 Å². The van der Waals surface area contributed by atoms with Gasteiger partial charge in [-0.1, -0.05) is 303 Å². The summed E-state index contributed by atoms with van der Waals surface area (Å²) in [6.07, 6.45) is 12.2.